The van der Waals surface area contributed by atoms with Crippen LogP contribution in [-0.4, -0.2) is 60.0 Å². The lowest BCUT2D eigenvalue weighted by Crippen LogP contribution is -2.59. The van der Waals surface area contributed by atoms with Gasteiger partial charge in [0.2, 0.25) is 5.91 Å². The molecule has 26 heavy (non-hydrogen) atoms. The average molecular weight is 357 g/mol. The van der Waals surface area contributed by atoms with Gasteiger partial charge in [-0.25, -0.2) is 0 Å². The van der Waals surface area contributed by atoms with Gasteiger partial charge in [-0.05, 0) is 44.4 Å². The lowest BCUT2D eigenvalue weighted by Gasteiger charge is -2.48. The third kappa shape index (κ3) is 3.88. The smallest absolute Gasteiger partial charge is 0.222 e. The monoisotopic (exact) mass is 357 g/mol. The number of carbonyl (C=O) groups is 1. The lowest BCUT2D eigenvalue weighted by molar-refractivity contribution is -0.144. The number of likely N-dealkylation sites (tertiary alicyclic amines) is 2. The molecule has 0 bridgehead atoms. The van der Waals surface area contributed by atoms with E-state index in [0.717, 1.165) is 38.2 Å². The summed E-state index contributed by atoms with van der Waals surface area (Å²) in [5, 5.41) is 0. The first-order valence-corrected chi connectivity index (χ1v) is 10.1. The summed E-state index contributed by atoms with van der Waals surface area (Å²) in [5.74, 6) is 1.91. The van der Waals surface area contributed by atoms with E-state index < -0.39 is 0 Å². The molecule has 3 aliphatic rings. The topological polar surface area (TPSA) is 45.7 Å². The van der Waals surface area contributed by atoms with Gasteiger partial charge in [0.25, 0.3) is 0 Å². The highest BCUT2D eigenvalue weighted by atomic mass is 16.5. The third-order valence-corrected chi connectivity index (χ3v) is 6.56. The number of ether oxygens (including phenoxy) is 1. The Hall–Kier alpha value is -1.62. The maximum absolute atomic E-state index is 12.6. The van der Waals surface area contributed by atoms with Crippen molar-refractivity contribution in [1.82, 2.24) is 14.8 Å². The van der Waals surface area contributed by atoms with E-state index in [4.69, 9.17) is 4.74 Å². The van der Waals surface area contributed by atoms with Crippen LogP contribution in [0.2, 0.25) is 0 Å². The maximum atomic E-state index is 12.6. The summed E-state index contributed by atoms with van der Waals surface area (Å²) in [4.78, 5) is 21.1. The summed E-state index contributed by atoms with van der Waals surface area (Å²) < 4.78 is 5.93. The van der Waals surface area contributed by atoms with Gasteiger partial charge in [-0.15, -0.1) is 0 Å². The molecule has 1 atom stereocenters. The summed E-state index contributed by atoms with van der Waals surface area (Å²) in [6, 6.07) is 4.23. The van der Waals surface area contributed by atoms with E-state index in [9.17, 15) is 4.79 Å². The largest absolute Gasteiger partial charge is 0.492 e. The first-order chi connectivity index (χ1) is 12.6. The number of likely N-dealkylation sites (N-methyl/N-ethyl adjacent to an activating group) is 1. The van der Waals surface area contributed by atoms with Crippen LogP contribution in [0.4, 0.5) is 0 Å². The Labute approximate surface area is 156 Å². The zero-order valence-corrected chi connectivity index (χ0v) is 15.9. The molecule has 3 fully saturated rings. The normalized spacial score (nSPS) is 26.0. The minimum absolute atomic E-state index is 0.295. The third-order valence-electron chi connectivity index (χ3n) is 6.56. The van der Waals surface area contributed by atoms with Crippen molar-refractivity contribution in [2.45, 2.75) is 51.0 Å². The lowest BCUT2D eigenvalue weighted by atomic mass is 9.77. The first kappa shape index (κ1) is 17.8. The van der Waals surface area contributed by atoms with Crippen LogP contribution in [0.1, 0.15) is 44.9 Å². The molecule has 1 amide bonds. The minimum atomic E-state index is 0.295. The second-order valence-corrected chi connectivity index (χ2v) is 8.72. The fraction of sp³-hybridized carbons (Fsp3) is 0.714. The first-order valence-electron chi connectivity index (χ1n) is 10.1. The number of rotatable bonds is 5. The average Bonchev–Trinajstić information content (AvgIpc) is 2.97. The summed E-state index contributed by atoms with van der Waals surface area (Å²) in [7, 11) is 2.18. The number of hydrogen-bond donors (Lipinski definition) is 0. The van der Waals surface area contributed by atoms with Crippen LogP contribution >= 0.6 is 0 Å². The van der Waals surface area contributed by atoms with E-state index >= 15 is 0 Å². The standard InChI is InChI=1S/C21H31N3O2/c1-23-14-21(12-18(23)13-26-19-7-9-22-10-8-19)15-24(16-21)20(25)11-17-5-3-2-4-6-17/h7-10,17-18H,2-6,11-16H2,1H3. The van der Waals surface area contributed by atoms with E-state index in [1.165, 1.54) is 32.1 Å². The van der Waals surface area contributed by atoms with Gasteiger partial charge >= 0.3 is 0 Å². The van der Waals surface area contributed by atoms with E-state index in [0.29, 0.717) is 29.9 Å². The molecular weight excluding hydrogens is 326 g/mol. The van der Waals surface area contributed by atoms with Crippen LogP contribution in [0.5, 0.6) is 5.75 Å². The molecule has 1 aliphatic carbocycles. The van der Waals surface area contributed by atoms with Gasteiger partial charge in [0.1, 0.15) is 12.4 Å². The van der Waals surface area contributed by atoms with E-state index in [-0.39, 0.29) is 0 Å². The molecule has 0 N–H and O–H groups in total. The predicted molar refractivity (Wildman–Crippen MR) is 101 cm³/mol. The molecule has 1 aromatic heterocycles. The number of hydrogen-bond acceptors (Lipinski definition) is 4. The molecule has 0 radical (unpaired) electrons. The van der Waals surface area contributed by atoms with Crippen molar-refractivity contribution in [3.8, 4) is 5.75 Å². The van der Waals surface area contributed by atoms with Crippen LogP contribution in [0, 0.1) is 11.3 Å². The van der Waals surface area contributed by atoms with Crippen LogP contribution < -0.4 is 4.74 Å². The highest BCUT2D eigenvalue weighted by Crippen LogP contribution is 2.42. The Kier molecular flexibility index (Phi) is 5.16. The van der Waals surface area contributed by atoms with E-state index in [2.05, 4.69) is 21.8 Å². The molecule has 142 valence electrons. The van der Waals surface area contributed by atoms with Gasteiger partial charge < -0.3 is 9.64 Å². The molecule has 1 spiro atoms. The van der Waals surface area contributed by atoms with Crippen molar-refractivity contribution in [3.63, 3.8) is 0 Å². The molecule has 2 saturated heterocycles. The number of pyridine rings is 1. The molecule has 3 heterocycles. The maximum Gasteiger partial charge on any atom is 0.222 e. The molecule has 5 nitrogen and oxygen atoms in total. The number of amides is 1. The Balaban J connectivity index is 1.24. The highest BCUT2D eigenvalue weighted by Gasteiger charge is 2.51. The quantitative estimate of drug-likeness (QED) is 0.813. The predicted octanol–water partition coefficient (Wildman–Crippen LogP) is 2.96. The molecule has 1 unspecified atom stereocenters. The van der Waals surface area contributed by atoms with Crippen molar-refractivity contribution in [1.29, 1.82) is 0 Å². The highest BCUT2D eigenvalue weighted by molar-refractivity contribution is 5.77. The van der Waals surface area contributed by atoms with Gasteiger partial charge in [0.05, 0.1) is 0 Å². The Morgan fingerprint density at radius 2 is 1.92 bits per heavy atom. The molecule has 2 aliphatic heterocycles. The molecule has 4 rings (SSSR count). The van der Waals surface area contributed by atoms with Crippen LogP contribution in [0.25, 0.3) is 0 Å². The Morgan fingerprint density at radius 3 is 2.65 bits per heavy atom. The van der Waals surface area contributed by atoms with Crippen molar-refractivity contribution in [3.05, 3.63) is 24.5 Å². The van der Waals surface area contributed by atoms with Gasteiger partial charge in [0.15, 0.2) is 0 Å². The van der Waals surface area contributed by atoms with Crippen LogP contribution in [-0.2, 0) is 4.79 Å². The Bertz CT molecular complexity index is 609. The number of nitrogens with zero attached hydrogens (tertiary/aromatic N) is 3. The second-order valence-electron chi connectivity index (χ2n) is 8.72. The fourth-order valence-corrected chi connectivity index (χ4v) is 5.13. The van der Waals surface area contributed by atoms with Crippen molar-refractivity contribution < 1.29 is 9.53 Å². The summed E-state index contributed by atoms with van der Waals surface area (Å²) in [6.07, 6.45) is 11.9. The number of aromatic nitrogens is 1. The van der Waals surface area contributed by atoms with Crippen LogP contribution in [0.15, 0.2) is 24.5 Å². The Morgan fingerprint density at radius 1 is 1.19 bits per heavy atom. The van der Waals surface area contributed by atoms with Gasteiger partial charge in [0, 0.05) is 49.9 Å². The van der Waals surface area contributed by atoms with Crippen LogP contribution in [0.3, 0.4) is 0 Å². The van der Waals surface area contributed by atoms with E-state index in [1.807, 2.05) is 12.1 Å². The van der Waals surface area contributed by atoms with Gasteiger partial charge in [-0.2, -0.15) is 0 Å². The zero-order chi connectivity index (χ0) is 18.0. The second kappa shape index (κ2) is 7.55. The summed E-state index contributed by atoms with van der Waals surface area (Å²) in [6.45, 7) is 3.66. The van der Waals surface area contributed by atoms with E-state index in [1.54, 1.807) is 12.4 Å². The molecule has 0 aromatic carbocycles. The zero-order valence-electron chi connectivity index (χ0n) is 15.9. The van der Waals surface area contributed by atoms with Crippen molar-refractivity contribution in [2.75, 3.05) is 33.3 Å². The number of carbonyl (C=O) groups excluding carboxylic acids is 1. The molecule has 1 saturated carbocycles. The minimum Gasteiger partial charge on any atom is -0.492 e. The molecule has 5 heteroatoms. The SMILES string of the molecule is CN1CC2(CC1COc1ccncc1)CN(C(=O)CC1CCCCC1)C2. The van der Waals surface area contributed by atoms with Gasteiger partial charge in [-0.1, -0.05) is 19.3 Å². The van der Waals surface area contributed by atoms with Crippen molar-refractivity contribution in [2.24, 2.45) is 11.3 Å². The summed E-state index contributed by atoms with van der Waals surface area (Å²) >= 11 is 0. The van der Waals surface area contributed by atoms with Gasteiger partial charge in [-0.3, -0.25) is 14.7 Å². The molecular formula is C21H31N3O2. The summed E-state index contributed by atoms with van der Waals surface area (Å²) in [5.41, 5.74) is 0.295. The van der Waals surface area contributed by atoms with Crippen molar-refractivity contribution >= 4 is 5.91 Å². The fourth-order valence-electron chi connectivity index (χ4n) is 5.13. The molecule has 1 aromatic rings.